The molecule has 7 heteroatoms. The highest BCUT2D eigenvalue weighted by Crippen LogP contribution is 2.22. The predicted octanol–water partition coefficient (Wildman–Crippen LogP) is 3.35. The lowest BCUT2D eigenvalue weighted by Gasteiger charge is -2.15. The van der Waals surface area contributed by atoms with Gasteiger partial charge in [0.1, 0.15) is 12.4 Å². The van der Waals surface area contributed by atoms with Gasteiger partial charge < -0.3 is 9.47 Å². The van der Waals surface area contributed by atoms with Crippen LogP contribution >= 0.6 is 0 Å². The fraction of sp³-hybridized carbons (Fsp3) is 0.471. The summed E-state index contributed by atoms with van der Waals surface area (Å²) in [5.41, 5.74) is 3.04. The SMILES string of the molecule is COC(=O)c1cc(-c2ccncc2C)nn1COCC[Si](C)(C)C. The van der Waals surface area contributed by atoms with Crippen LogP contribution in [0.4, 0.5) is 0 Å². The van der Waals surface area contributed by atoms with E-state index in [0.29, 0.717) is 18.0 Å². The highest BCUT2D eigenvalue weighted by atomic mass is 28.3. The molecule has 0 aliphatic carbocycles. The minimum atomic E-state index is -1.15. The number of aryl methyl sites for hydroxylation is 1. The normalized spacial score (nSPS) is 11.5. The number of pyridine rings is 1. The molecule has 0 aliphatic heterocycles. The van der Waals surface area contributed by atoms with Gasteiger partial charge in [0.05, 0.1) is 12.8 Å². The van der Waals surface area contributed by atoms with Gasteiger partial charge >= 0.3 is 5.97 Å². The Morgan fingerprint density at radius 1 is 1.33 bits per heavy atom. The van der Waals surface area contributed by atoms with Gasteiger partial charge in [-0.05, 0) is 30.7 Å². The summed E-state index contributed by atoms with van der Waals surface area (Å²) in [6.07, 6.45) is 3.49. The summed E-state index contributed by atoms with van der Waals surface area (Å²) in [5.74, 6) is -0.422. The van der Waals surface area contributed by atoms with E-state index in [1.54, 1.807) is 23.1 Å². The van der Waals surface area contributed by atoms with Gasteiger partial charge in [-0.1, -0.05) is 19.6 Å². The van der Waals surface area contributed by atoms with Crippen molar-refractivity contribution in [3.63, 3.8) is 0 Å². The first-order valence-corrected chi connectivity index (χ1v) is 11.7. The number of nitrogens with zero attached hydrogens (tertiary/aromatic N) is 3. The molecule has 2 aromatic heterocycles. The zero-order chi connectivity index (χ0) is 17.7. The third-order valence-corrected chi connectivity index (χ3v) is 5.38. The van der Waals surface area contributed by atoms with Crippen molar-refractivity contribution >= 4 is 14.0 Å². The molecule has 2 aromatic rings. The maximum atomic E-state index is 12.0. The Labute approximate surface area is 143 Å². The first-order chi connectivity index (χ1) is 11.3. The van der Waals surface area contributed by atoms with E-state index < -0.39 is 14.0 Å². The van der Waals surface area contributed by atoms with Crippen LogP contribution in [0.15, 0.2) is 24.5 Å². The van der Waals surface area contributed by atoms with Crippen molar-refractivity contribution in [1.29, 1.82) is 0 Å². The number of aromatic nitrogens is 3. The minimum Gasteiger partial charge on any atom is -0.464 e. The van der Waals surface area contributed by atoms with E-state index in [-0.39, 0.29) is 6.73 Å². The van der Waals surface area contributed by atoms with Crippen LogP contribution in [0.3, 0.4) is 0 Å². The number of methoxy groups -OCH3 is 1. The topological polar surface area (TPSA) is 66.2 Å². The molecule has 0 amide bonds. The van der Waals surface area contributed by atoms with Crippen molar-refractivity contribution in [3.05, 3.63) is 35.8 Å². The third kappa shape index (κ3) is 4.75. The van der Waals surface area contributed by atoms with Crippen molar-refractivity contribution in [1.82, 2.24) is 14.8 Å². The average molecular weight is 347 g/mol. The fourth-order valence-corrected chi connectivity index (χ4v) is 2.96. The van der Waals surface area contributed by atoms with Gasteiger partial charge in [-0.25, -0.2) is 9.48 Å². The van der Waals surface area contributed by atoms with Crippen LogP contribution in [0.25, 0.3) is 11.3 Å². The van der Waals surface area contributed by atoms with Crippen LogP contribution < -0.4 is 0 Å². The zero-order valence-corrected chi connectivity index (χ0v) is 16.0. The number of hydrogen-bond acceptors (Lipinski definition) is 5. The molecule has 6 nitrogen and oxygen atoms in total. The van der Waals surface area contributed by atoms with Crippen LogP contribution in [-0.4, -0.2) is 42.5 Å². The van der Waals surface area contributed by atoms with Crippen molar-refractivity contribution in [2.45, 2.75) is 39.3 Å². The summed E-state index contributed by atoms with van der Waals surface area (Å²) >= 11 is 0. The Hall–Kier alpha value is -1.99. The van der Waals surface area contributed by atoms with E-state index in [2.05, 4.69) is 29.7 Å². The van der Waals surface area contributed by atoms with E-state index in [4.69, 9.17) is 9.47 Å². The largest absolute Gasteiger partial charge is 0.464 e. The van der Waals surface area contributed by atoms with Gasteiger partial charge in [0.15, 0.2) is 0 Å². The van der Waals surface area contributed by atoms with E-state index in [1.165, 1.54) is 7.11 Å². The van der Waals surface area contributed by atoms with Crippen molar-refractivity contribution in [2.24, 2.45) is 0 Å². The molecule has 0 atom stereocenters. The molecular weight excluding hydrogens is 322 g/mol. The van der Waals surface area contributed by atoms with Gasteiger partial charge in [0, 0.05) is 32.6 Å². The van der Waals surface area contributed by atoms with Gasteiger partial charge in [-0.2, -0.15) is 5.10 Å². The second-order valence-electron chi connectivity index (χ2n) is 6.94. The van der Waals surface area contributed by atoms with E-state index >= 15 is 0 Å². The Kier molecular flexibility index (Phi) is 5.90. The molecule has 0 saturated heterocycles. The van der Waals surface area contributed by atoms with Crippen molar-refractivity contribution in [3.8, 4) is 11.3 Å². The number of ether oxygens (including phenoxy) is 2. The maximum absolute atomic E-state index is 12.0. The van der Waals surface area contributed by atoms with E-state index in [1.807, 2.05) is 13.0 Å². The number of rotatable bonds is 7. The third-order valence-electron chi connectivity index (χ3n) is 3.68. The first-order valence-electron chi connectivity index (χ1n) is 7.97. The molecule has 0 N–H and O–H groups in total. The molecule has 2 rings (SSSR count). The highest BCUT2D eigenvalue weighted by Gasteiger charge is 2.18. The summed E-state index contributed by atoms with van der Waals surface area (Å²) in [6.45, 7) is 9.76. The summed E-state index contributed by atoms with van der Waals surface area (Å²) < 4.78 is 12.1. The van der Waals surface area contributed by atoms with Crippen LogP contribution in [0.2, 0.25) is 25.7 Å². The Bertz CT molecular complexity index is 707. The van der Waals surface area contributed by atoms with E-state index in [0.717, 1.165) is 17.2 Å². The van der Waals surface area contributed by atoms with Gasteiger partial charge in [0.25, 0.3) is 0 Å². The Morgan fingerprint density at radius 3 is 2.71 bits per heavy atom. The molecule has 0 spiro atoms. The lowest BCUT2D eigenvalue weighted by Crippen LogP contribution is -2.22. The van der Waals surface area contributed by atoms with Crippen molar-refractivity contribution in [2.75, 3.05) is 13.7 Å². The molecule has 24 heavy (non-hydrogen) atoms. The van der Waals surface area contributed by atoms with E-state index in [9.17, 15) is 4.79 Å². The summed E-state index contributed by atoms with van der Waals surface area (Å²) in [7, 11) is 0.218. The predicted molar refractivity (Wildman–Crippen MR) is 95.6 cm³/mol. The standard InChI is InChI=1S/C17H25N3O3Si/c1-13-11-18-7-6-14(13)15-10-16(17(21)22-2)20(19-15)12-23-8-9-24(3,4)5/h6-7,10-11H,8-9,12H2,1-5H3. The molecule has 0 fully saturated rings. The quantitative estimate of drug-likeness (QED) is 0.436. The number of carbonyl (C=O) groups is 1. The summed E-state index contributed by atoms with van der Waals surface area (Å²) in [4.78, 5) is 16.1. The maximum Gasteiger partial charge on any atom is 0.356 e. The van der Waals surface area contributed by atoms with Gasteiger partial charge in [-0.3, -0.25) is 4.98 Å². The van der Waals surface area contributed by atoms with Crippen LogP contribution in [0.1, 0.15) is 16.1 Å². The van der Waals surface area contributed by atoms with Crippen molar-refractivity contribution < 1.29 is 14.3 Å². The number of esters is 1. The average Bonchev–Trinajstić information content (AvgIpc) is 2.94. The monoisotopic (exact) mass is 347 g/mol. The second-order valence-corrected chi connectivity index (χ2v) is 12.6. The van der Waals surface area contributed by atoms with Crippen LogP contribution in [0, 0.1) is 6.92 Å². The minimum absolute atomic E-state index is 0.235. The molecule has 0 unspecified atom stereocenters. The summed E-state index contributed by atoms with van der Waals surface area (Å²) in [6, 6.07) is 4.68. The number of carbonyl (C=O) groups excluding carboxylic acids is 1. The van der Waals surface area contributed by atoms with Crippen LogP contribution in [0.5, 0.6) is 0 Å². The lowest BCUT2D eigenvalue weighted by molar-refractivity contribution is 0.0518. The molecule has 0 saturated carbocycles. The molecule has 0 bridgehead atoms. The molecular formula is C17H25N3O3Si. The Balaban J connectivity index is 2.20. The smallest absolute Gasteiger partial charge is 0.356 e. The zero-order valence-electron chi connectivity index (χ0n) is 15.0. The molecule has 2 heterocycles. The van der Waals surface area contributed by atoms with Gasteiger partial charge in [0.2, 0.25) is 0 Å². The first kappa shape index (κ1) is 18.3. The Morgan fingerprint density at radius 2 is 2.08 bits per heavy atom. The molecule has 130 valence electrons. The van der Waals surface area contributed by atoms with Crippen LogP contribution in [-0.2, 0) is 16.2 Å². The molecule has 0 radical (unpaired) electrons. The summed E-state index contributed by atoms with van der Waals surface area (Å²) in [5, 5.41) is 4.52. The number of hydrogen-bond donors (Lipinski definition) is 0. The second kappa shape index (κ2) is 7.72. The molecule has 0 aliphatic rings. The lowest BCUT2D eigenvalue weighted by atomic mass is 10.1. The highest BCUT2D eigenvalue weighted by molar-refractivity contribution is 6.76. The molecule has 0 aromatic carbocycles. The van der Waals surface area contributed by atoms with Gasteiger partial charge in [-0.15, -0.1) is 0 Å². The fourth-order valence-electron chi connectivity index (χ4n) is 2.21.